The SMILES string of the molecule is COCCn1c(C(=O)N[C@@H](C)CCc2ccccc2)cc2c(=O)n(C)c(=O)n(C)c21. The molecule has 160 valence electrons. The maximum atomic E-state index is 13.0. The van der Waals surface area contributed by atoms with Crippen LogP contribution in [0.5, 0.6) is 0 Å². The summed E-state index contributed by atoms with van der Waals surface area (Å²) in [6.45, 7) is 2.65. The highest BCUT2D eigenvalue weighted by molar-refractivity contribution is 5.98. The molecule has 0 fully saturated rings. The highest BCUT2D eigenvalue weighted by atomic mass is 16.5. The zero-order valence-corrected chi connectivity index (χ0v) is 17.8. The Kier molecular flexibility index (Phi) is 6.56. The lowest BCUT2D eigenvalue weighted by Crippen LogP contribution is -2.37. The van der Waals surface area contributed by atoms with Gasteiger partial charge in [0.05, 0.1) is 12.0 Å². The molecule has 1 atom stereocenters. The minimum Gasteiger partial charge on any atom is -0.383 e. The quantitative estimate of drug-likeness (QED) is 0.606. The molecule has 0 aliphatic rings. The zero-order chi connectivity index (χ0) is 21.8. The van der Waals surface area contributed by atoms with Gasteiger partial charge in [0.2, 0.25) is 0 Å². The van der Waals surface area contributed by atoms with Crippen molar-refractivity contribution in [1.82, 2.24) is 19.0 Å². The minimum atomic E-state index is -0.438. The van der Waals surface area contributed by atoms with Crippen LogP contribution in [0.3, 0.4) is 0 Å². The summed E-state index contributed by atoms with van der Waals surface area (Å²) in [4.78, 5) is 38.0. The predicted molar refractivity (Wildman–Crippen MR) is 116 cm³/mol. The van der Waals surface area contributed by atoms with Crippen LogP contribution in [0.15, 0.2) is 46.0 Å². The van der Waals surface area contributed by atoms with E-state index in [-0.39, 0.29) is 11.9 Å². The van der Waals surface area contributed by atoms with Crippen LogP contribution in [0.4, 0.5) is 0 Å². The van der Waals surface area contributed by atoms with Gasteiger partial charge in [0.25, 0.3) is 11.5 Å². The molecule has 2 heterocycles. The number of amides is 1. The van der Waals surface area contributed by atoms with Crippen LogP contribution in [-0.2, 0) is 31.8 Å². The number of ether oxygens (including phenoxy) is 1. The summed E-state index contributed by atoms with van der Waals surface area (Å²) in [6, 6.07) is 11.6. The Labute approximate surface area is 174 Å². The molecule has 0 unspecified atom stereocenters. The van der Waals surface area contributed by atoms with Crippen LogP contribution >= 0.6 is 0 Å². The second kappa shape index (κ2) is 9.13. The molecule has 0 spiro atoms. The summed E-state index contributed by atoms with van der Waals surface area (Å²) in [5.74, 6) is -0.280. The first-order valence-corrected chi connectivity index (χ1v) is 9.98. The van der Waals surface area contributed by atoms with Gasteiger partial charge in [0.15, 0.2) is 0 Å². The highest BCUT2D eigenvalue weighted by Crippen LogP contribution is 2.16. The van der Waals surface area contributed by atoms with E-state index in [0.29, 0.717) is 29.9 Å². The summed E-state index contributed by atoms with van der Waals surface area (Å²) < 4.78 is 9.29. The van der Waals surface area contributed by atoms with Gasteiger partial charge in [-0.3, -0.25) is 18.7 Å². The van der Waals surface area contributed by atoms with Gasteiger partial charge in [0.1, 0.15) is 11.3 Å². The van der Waals surface area contributed by atoms with Crippen molar-refractivity contribution < 1.29 is 9.53 Å². The van der Waals surface area contributed by atoms with Crippen molar-refractivity contribution in [3.8, 4) is 0 Å². The molecule has 0 aliphatic heterocycles. The average Bonchev–Trinajstić information content (AvgIpc) is 3.13. The predicted octanol–water partition coefficient (Wildman–Crippen LogP) is 1.44. The van der Waals surface area contributed by atoms with Crippen molar-refractivity contribution in [2.45, 2.75) is 32.4 Å². The smallest absolute Gasteiger partial charge is 0.332 e. The van der Waals surface area contributed by atoms with Gasteiger partial charge >= 0.3 is 5.69 Å². The molecule has 0 bridgehead atoms. The Bertz CT molecular complexity index is 1160. The maximum absolute atomic E-state index is 13.0. The Morgan fingerprint density at radius 2 is 1.83 bits per heavy atom. The van der Waals surface area contributed by atoms with Crippen molar-refractivity contribution in [3.05, 3.63) is 68.5 Å². The number of benzene rings is 1. The van der Waals surface area contributed by atoms with E-state index in [1.54, 1.807) is 24.8 Å². The Hall–Kier alpha value is -3.13. The highest BCUT2D eigenvalue weighted by Gasteiger charge is 2.22. The first-order chi connectivity index (χ1) is 14.3. The fourth-order valence-electron chi connectivity index (χ4n) is 3.64. The van der Waals surface area contributed by atoms with E-state index < -0.39 is 11.2 Å². The van der Waals surface area contributed by atoms with Gasteiger partial charge in [-0.2, -0.15) is 0 Å². The number of nitrogens with one attached hydrogen (secondary N) is 1. The lowest BCUT2D eigenvalue weighted by atomic mass is 10.1. The third-order valence-corrected chi connectivity index (χ3v) is 5.33. The molecular weight excluding hydrogens is 384 g/mol. The minimum absolute atomic E-state index is 0.0572. The molecule has 0 aliphatic carbocycles. The zero-order valence-electron chi connectivity index (χ0n) is 17.8. The fraction of sp³-hybridized carbons (Fsp3) is 0.409. The second-order valence-electron chi connectivity index (χ2n) is 7.52. The number of aromatic nitrogens is 3. The Balaban J connectivity index is 1.90. The van der Waals surface area contributed by atoms with E-state index in [9.17, 15) is 14.4 Å². The number of fused-ring (bicyclic) bond motifs is 1. The molecule has 0 radical (unpaired) electrons. The van der Waals surface area contributed by atoms with Gasteiger partial charge in [-0.1, -0.05) is 30.3 Å². The average molecular weight is 412 g/mol. The van der Waals surface area contributed by atoms with Crippen LogP contribution in [0.1, 0.15) is 29.4 Å². The third kappa shape index (κ3) is 4.23. The molecule has 30 heavy (non-hydrogen) atoms. The number of rotatable bonds is 8. The number of methoxy groups -OCH3 is 1. The van der Waals surface area contributed by atoms with Gasteiger partial charge in [-0.15, -0.1) is 0 Å². The Morgan fingerprint density at radius 3 is 2.50 bits per heavy atom. The number of hydrogen-bond acceptors (Lipinski definition) is 4. The van der Waals surface area contributed by atoms with Crippen molar-refractivity contribution in [1.29, 1.82) is 0 Å². The fourth-order valence-corrected chi connectivity index (χ4v) is 3.64. The molecule has 8 nitrogen and oxygen atoms in total. The van der Waals surface area contributed by atoms with E-state index in [1.165, 1.54) is 17.2 Å². The number of aryl methyl sites for hydroxylation is 2. The molecule has 2 aromatic heterocycles. The molecule has 1 aromatic carbocycles. The molecule has 3 rings (SSSR count). The van der Waals surface area contributed by atoms with Crippen LogP contribution in [0, 0.1) is 0 Å². The maximum Gasteiger partial charge on any atom is 0.332 e. The summed E-state index contributed by atoms with van der Waals surface area (Å²) in [5, 5.41) is 3.35. The molecule has 1 N–H and O–H groups in total. The van der Waals surface area contributed by atoms with E-state index in [1.807, 2.05) is 25.1 Å². The molecule has 0 saturated heterocycles. The van der Waals surface area contributed by atoms with Crippen molar-refractivity contribution >= 4 is 16.9 Å². The number of carbonyl (C=O) groups excluding carboxylic acids is 1. The van der Waals surface area contributed by atoms with Crippen LogP contribution in [0.25, 0.3) is 11.0 Å². The second-order valence-corrected chi connectivity index (χ2v) is 7.52. The van der Waals surface area contributed by atoms with E-state index >= 15 is 0 Å². The Morgan fingerprint density at radius 1 is 1.13 bits per heavy atom. The van der Waals surface area contributed by atoms with E-state index in [2.05, 4.69) is 17.4 Å². The van der Waals surface area contributed by atoms with E-state index in [4.69, 9.17) is 4.74 Å². The van der Waals surface area contributed by atoms with Crippen molar-refractivity contribution in [2.75, 3.05) is 13.7 Å². The first-order valence-electron chi connectivity index (χ1n) is 9.98. The molecule has 8 heteroatoms. The summed E-state index contributed by atoms with van der Waals surface area (Å²) >= 11 is 0. The molecule has 3 aromatic rings. The molecular formula is C22H28N4O4. The monoisotopic (exact) mass is 412 g/mol. The lowest BCUT2D eigenvalue weighted by molar-refractivity contribution is 0.0926. The standard InChI is InChI=1S/C22H28N4O4/c1-15(10-11-16-8-6-5-7-9-16)23-19(27)18-14-17-20(26(18)12-13-30-4)24(2)22(29)25(3)21(17)28/h5-9,14-15H,10-13H2,1-4H3,(H,23,27)/t15-/m0/s1. The van der Waals surface area contributed by atoms with Crippen LogP contribution in [-0.4, -0.2) is 39.4 Å². The van der Waals surface area contributed by atoms with Crippen LogP contribution < -0.4 is 16.6 Å². The first kappa shape index (κ1) is 21.6. The van der Waals surface area contributed by atoms with Gasteiger partial charge in [-0.05, 0) is 31.4 Å². The topological polar surface area (TPSA) is 87.3 Å². The normalized spacial score (nSPS) is 12.3. The largest absolute Gasteiger partial charge is 0.383 e. The number of hydrogen-bond donors (Lipinski definition) is 1. The lowest BCUT2D eigenvalue weighted by Gasteiger charge is -2.16. The summed E-state index contributed by atoms with van der Waals surface area (Å²) in [7, 11) is 4.59. The van der Waals surface area contributed by atoms with Crippen molar-refractivity contribution in [3.63, 3.8) is 0 Å². The number of nitrogens with zero attached hydrogens (tertiary/aromatic N) is 3. The van der Waals surface area contributed by atoms with Gasteiger partial charge in [0, 0.05) is 33.8 Å². The van der Waals surface area contributed by atoms with Gasteiger partial charge < -0.3 is 14.6 Å². The third-order valence-electron chi connectivity index (χ3n) is 5.33. The van der Waals surface area contributed by atoms with Crippen LogP contribution in [0.2, 0.25) is 0 Å². The number of carbonyl (C=O) groups is 1. The molecule has 0 saturated carbocycles. The summed E-state index contributed by atoms with van der Waals surface area (Å²) in [6.07, 6.45) is 1.64. The van der Waals surface area contributed by atoms with Crippen molar-refractivity contribution in [2.24, 2.45) is 14.1 Å². The van der Waals surface area contributed by atoms with E-state index in [0.717, 1.165) is 17.4 Å². The van der Waals surface area contributed by atoms with Gasteiger partial charge in [-0.25, -0.2) is 4.79 Å². The summed E-state index contributed by atoms with van der Waals surface area (Å²) in [5.41, 5.74) is 1.11. The molecule has 1 amide bonds.